The molecular weight excluding hydrogens is 282 g/mol. The number of benzene rings is 1. The Labute approximate surface area is 130 Å². The molecule has 2 rings (SSSR count). The molecule has 0 saturated carbocycles. The van der Waals surface area contributed by atoms with Gasteiger partial charge in [-0.3, -0.25) is 9.59 Å². The largest absolute Gasteiger partial charge is 0.491 e. The van der Waals surface area contributed by atoms with Gasteiger partial charge < -0.3 is 15.2 Å². The van der Waals surface area contributed by atoms with Crippen LogP contribution in [0, 0.1) is 11.8 Å². The first-order chi connectivity index (χ1) is 10.5. The van der Waals surface area contributed by atoms with Gasteiger partial charge >= 0.3 is 5.97 Å². The van der Waals surface area contributed by atoms with E-state index in [1.54, 1.807) is 24.3 Å². The maximum atomic E-state index is 12.3. The zero-order chi connectivity index (χ0) is 16.1. The highest BCUT2D eigenvalue weighted by atomic mass is 16.5. The molecule has 0 radical (unpaired) electrons. The monoisotopic (exact) mass is 303 g/mol. The van der Waals surface area contributed by atoms with E-state index in [9.17, 15) is 14.7 Å². The van der Waals surface area contributed by atoms with E-state index in [1.807, 2.05) is 26.0 Å². The molecule has 0 aliphatic heterocycles. The molecule has 5 nitrogen and oxygen atoms in total. The maximum Gasteiger partial charge on any atom is 0.307 e. The highest BCUT2D eigenvalue weighted by molar-refractivity contribution is 5.95. The quantitative estimate of drug-likeness (QED) is 0.820. The summed E-state index contributed by atoms with van der Waals surface area (Å²) in [5, 5.41) is 12.0. The first kappa shape index (κ1) is 16.1. The van der Waals surface area contributed by atoms with Crippen molar-refractivity contribution in [2.24, 2.45) is 11.8 Å². The fraction of sp³-hybridized carbons (Fsp3) is 0.412. The summed E-state index contributed by atoms with van der Waals surface area (Å²) < 4.78 is 5.54. The molecule has 0 fully saturated rings. The zero-order valence-corrected chi connectivity index (χ0v) is 12.8. The molecule has 1 aromatic rings. The minimum atomic E-state index is -0.926. The Kier molecular flexibility index (Phi) is 5.20. The van der Waals surface area contributed by atoms with Crippen LogP contribution >= 0.6 is 0 Å². The van der Waals surface area contributed by atoms with Gasteiger partial charge in [-0.05, 0) is 51.0 Å². The molecular formula is C17H21NO4. The van der Waals surface area contributed by atoms with Crippen LogP contribution in [0.2, 0.25) is 0 Å². The van der Waals surface area contributed by atoms with Crippen molar-refractivity contribution in [3.63, 3.8) is 0 Å². The van der Waals surface area contributed by atoms with Crippen molar-refractivity contribution in [3.05, 3.63) is 36.4 Å². The van der Waals surface area contributed by atoms with Crippen LogP contribution in [0.25, 0.3) is 0 Å². The Balaban J connectivity index is 2.01. The van der Waals surface area contributed by atoms with Crippen molar-refractivity contribution in [1.29, 1.82) is 0 Å². The van der Waals surface area contributed by atoms with Gasteiger partial charge in [0.15, 0.2) is 0 Å². The smallest absolute Gasteiger partial charge is 0.307 e. The summed E-state index contributed by atoms with van der Waals surface area (Å²) in [5.41, 5.74) is 0.639. The van der Waals surface area contributed by atoms with Gasteiger partial charge in [0.05, 0.1) is 17.9 Å². The number of carbonyl (C=O) groups is 2. The predicted octanol–water partition coefficient (Wildman–Crippen LogP) is 3.08. The van der Waals surface area contributed by atoms with Crippen LogP contribution in [0.4, 0.5) is 5.69 Å². The van der Waals surface area contributed by atoms with Crippen molar-refractivity contribution < 1.29 is 19.4 Å². The maximum absolute atomic E-state index is 12.3. The number of carbonyl (C=O) groups excluding carboxylic acids is 1. The average Bonchev–Trinajstić information content (AvgIpc) is 2.48. The van der Waals surface area contributed by atoms with Crippen LogP contribution in [0.3, 0.4) is 0 Å². The molecule has 22 heavy (non-hydrogen) atoms. The Morgan fingerprint density at radius 2 is 1.73 bits per heavy atom. The normalized spacial score (nSPS) is 20.7. The van der Waals surface area contributed by atoms with Gasteiger partial charge in [0.25, 0.3) is 0 Å². The number of aliphatic carboxylic acids is 1. The number of nitrogens with one attached hydrogen (secondary N) is 1. The number of ether oxygens (including phenoxy) is 1. The van der Waals surface area contributed by atoms with Crippen LogP contribution in [-0.2, 0) is 9.59 Å². The van der Waals surface area contributed by atoms with Crippen molar-refractivity contribution in [3.8, 4) is 5.75 Å². The fourth-order valence-electron chi connectivity index (χ4n) is 2.50. The minimum Gasteiger partial charge on any atom is -0.491 e. The van der Waals surface area contributed by atoms with Gasteiger partial charge in [-0.25, -0.2) is 0 Å². The third-order valence-corrected chi connectivity index (χ3v) is 3.58. The van der Waals surface area contributed by atoms with Crippen LogP contribution in [0.1, 0.15) is 26.7 Å². The van der Waals surface area contributed by atoms with Gasteiger partial charge in [0, 0.05) is 5.69 Å². The van der Waals surface area contributed by atoms with E-state index in [4.69, 9.17) is 4.74 Å². The molecule has 5 heteroatoms. The van der Waals surface area contributed by atoms with E-state index < -0.39 is 17.8 Å². The number of rotatable bonds is 5. The van der Waals surface area contributed by atoms with Gasteiger partial charge in [0.2, 0.25) is 5.91 Å². The van der Waals surface area contributed by atoms with Gasteiger partial charge in [-0.2, -0.15) is 0 Å². The number of anilines is 1. The number of hydrogen-bond acceptors (Lipinski definition) is 3. The second-order valence-electron chi connectivity index (χ2n) is 5.67. The lowest BCUT2D eigenvalue weighted by molar-refractivity contribution is -0.146. The molecule has 2 unspecified atom stereocenters. The third kappa shape index (κ3) is 4.10. The fourth-order valence-corrected chi connectivity index (χ4v) is 2.50. The molecule has 118 valence electrons. The summed E-state index contributed by atoms with van der Waals surface area (Å²) in [6, 6.07) is 7.07. The molecule has 1 aliphatic rings. The first-order valence-corrected chi connectivity index (χ1v) is 7.42. The molecule has 0 heterocycles. The molecule has 1 aliphatic carbocycles. The van der Waals surface area contributed by atoms with Gasteiger partial charge in [-0.15, -0.1) is 0 Å². The number of amides is 1. The third-order valence-electron chi connectivity index (χ3n) is 3.58. The van der Waals surface area contributed by atoms with E-state index in [-0.39, 0.29) is 12.0 Å². The Bertz CT molecular complexity index is 563. The summed E-state index contributed by atoms with van der Waals surface area (Å²) in [6.45, 7) is 3.89. The topological polar surface area (TPSA) is 75.6 Å². The van der Waals surface area contributed by atoms with Crippen LogP contribution in [-0.4, -0.2) is 23.1 Å². The Hall–Kier alpha value is -2.30. The van der Waals surface area contributed by atoms with Crippen molar-refractivity contribution in [2.45, 2.75) is 32.8 Å². The van der Waals surface area contributed by atoms with Crippen molar-refractivity contribution in [1.82, 2.24) is 0 Å². The standard InChI is InChI=1S/C17H21NO4/c1-11(2)22-13-9-7-12(8-10-13)18-16(19)14-5-3-4-6-15(14)17(20)21/h3-4,7-11,14-15H,5-6H2,1-2H3,(H,18,19)(H,20,21). The molecule has 0 saturated heterocycles. The number of carboxylic acids is 1. The predicted molar refractivity (Wildman–Crippen MR) is 83.8 cm³/mol. The lowest BCUT2D eigenvalue weighted by Gasteiger charge is -2.24. The highest BCUT2D eigenvalue weighted by Crippen LogP contribution is 2.27. The average molecular weight is 303 g/mol. The second kappa shape index (κ2) is 7.11. The number of allylic oxidation sites excluding steroid dienone is 2. The van der Waals surface area contributed by atoms with Crippen LogP contribution in [0.15, 0.2) is 36.4 Å². The molecule has 1 amide bonds. The molecule has 2 atom stereocenters. The summed E-state index contributed by atoms with van der Waals surface area (Å²) in [6.07, 6.45) is 4.63. The van der Waals surface area contributed by atoms with E-state index in [0.717, 1.165) is 5.75 Å². The van der Waals surface area contributed by atoms with Gasteiger partial charge in [0.1, 0.15) is 5.75 Å². The second-order valence-corrected chi connectivity index (χ2v) is 5.67. The number of carboxylic acid groups (broad SMARTS) is 1. The highest BCUT2D eigenvalue weighted by Gasteiger charge is 2.33. The van der Waals surface area contributed by atoms with Gasteiger partial charge in [-0.1, -0.05) is 12.2 Å². The molecule has 0 bridgehead atoms. The molecule has 2 N–H and O–H groups in total. The van der Waals surface area contributed by atoms with Crippen molar-refractivity contribution in [2.75, 3.05) is 5.32 Å². The van der Waals surface area contributed by atoms with E-state index in [0.29, 0.717) is 18.5 Å². The van der Waals surface area contributed by atoms with Crippen molar-refractivity contribution >= 4 is 17.6 Å². The number of hydrogen-bond donors (Lipinski definition) is 2. The molecule has 0 spiro atoms. The first-order valence-electron chi connectivity index (χ1n) is 7.42. The zero-order valence-electron chi connectivity index (χ0n) is 12.8. The summed E-state index contributed by atoms with van der Waals surface area (Å²) >= 11 is 0. The SMILES string of the molecule is CC(C)Oc1ccc(NC(=O)C2CC=CCC2C(=O)O)cc1. The molecule has 1 aromatic carbocycles. The lowest BCUT2D eigenvalue weighted by Crippen LogP contribution is -2.34. The van der Waals surface area contributed by atoms with E-state index in [2.05, 4.69) is 5.32 Å². The summed E-state index contributed by atoms with van der Waals surface area (Å²) in [4.78, 5) is 23.5. The van der Waals surface area contributed by atoms with E-state index in [1.165, 1.54) is 0 Å². The summed E-state index contributed by atoms with van der Waals surface area (Å²) in [7, 11) is 0. The minimum absolute atomic E-state index is 0.0887. The van der Waals surface area contributed by atoms with Crippen LogP contribution in [0.5, 0.6) is 5.75 Å². The van der Waals surface area contributed by atoms with E-state index >= 15 is 0 Å². The lowest BCUT2D eigenvalue weighted by atomic mass is 9.82. The molecule has 0 aromatic heterocycles. The Morgan fingerprint density at radius 1 is 1.14 bits per heavy atom. The van der Waals surface area contributed by atoms with Crippen LogP contribution < -0.4 is 10.1 Å². The Morgan fingerprint density at radius 3 is 2.27 bits per heavy atom. The summed E-state index contributed by atoms with van der Waals surface area (Å²) in [5.74, 6) is -1.64.